The van der Waals surface area contributed by atoms with Gasteiger partial charge in [0.2, 0.25) is 0 Å². The average molecular weight is 233 g/mol. The van der Waals surface area contributed by atoms with Crippen molar-refractivity contribution in [2.75, 3.05) is 13.2 Å². The molecule has 0 aliphatic carbocycles. The van der Waals surface area contributed by atoms with Crippen molar-refractivity contribution in [1.82, 2.24) is 4.90 Å². The van der Waals surface area contributed by atoms with Crippen molar-refractivity contribution >= 4 is 5.84 Å². The van der Waals surface area contributed by atoms with Gasteiger partial charge in [0.1, 0.15) is 18.2 Å². The number of nitrogens with two attached hydrogens (primary N) is 1. The summed E-state index contributed by atoms with van der Waals surface area (Å²) < 4.78 is 5.70. The fourth-order valence-electron chi connectivity index (χ4n) is 2.29. The summed E-state index contributed by atoms with van der Waals surface area (Å²) in [6, 6.07) is 8.08. The third-order valence-electron chi connectivity index (χ3n) is 3.17. The summed E-state index contributed by atoms with van der Waals surface area (Å²) in [7, 11) is 0. The van der Waals surface area contributed by atoms with E-state index in [0.29, 0.717) is 6.61 Å². The number of hydrogen-bond acceptors (Lipinski definition) is 3. The van der Waals surface area contributed by atoms with Gasteiger partial charge in [-0.05, 0) is 12.5 Å². The van der Waals surface area contributed by atoms with Crippen molar-refractivity contribution in [3.05, 3.63) is 29.8 Å². The number of rotatable bonds is 3. The van der Waals surface area contributed by atoms with Gasteiger partial charge >= 0.3 is 0 Å². The van der Waals surface area contributed by atoms with Crippen molar-refractivity contribution in [2.24, 2.45) is 5.73 Å². The fourth-order valence-corrected chi connectivity index (χ4v) is 2.29. The molecular formula is C13H19N3O. The maximum absolute atomic E-state index is 7.64. The summed E-state index contributed by atoms with van der Waals surface area (Å²) in [5.74, 6) is 1.19. The minimum absolute atomic E-state index is 0.0183. The highest BCUT2D eigenvalue weighted by Gasteiger charge is 2.23. The Labute approximate surface area is 102 Å². The highest BCUT2D eigenvalue weighted by Crippen LogP contribution is 2.23. The predicted molar refractivity (Wildman–Crippen MR) is 68.3 cm³/mol. The highest BCUT2D eigenvalue weighted by atomic mass is 16.5. The number of fused-ring (bicyclic) bond motifs is 1. The average Bonchev–Trinajstić information content (AvgIpc) is 2.51. The van der Waals surface area contributed by atoms with Crippen LogP contribution in [0, 0.1) is 5.41 Å². The van der Waals surface area contributed by atoms with E-state index in [0.717, 1.165) is 25.3 Å². The van der Waals surface area contributed by atoms with E-state index in [1.165, 1.54) is 5.56 Å². The monoisotopic (exact) mass is 233 g/mol. The molecule has 0 fully saturated rings. The quantitative estimate of drug-likeness (QED) is 0.615. The van der Waals surface area contributed by atoms with Crippen LogP contribution in [0.2, 0.25) is 0 Å². The first-order valence-corrected chi connectivity index (χ1v) is 6.01. The molecule has 1 atom stereocenters. The molecule has 0 amide bonds. The Morgan fingerprint density at radius 1 is 1.53 bits per heavy atom. The molecule has 1 aliphatic rings. The zero-order valence-electron chi connectivity index (χ0n) is 10.1. The summed E-state index contributed by atoms with van der Waals surface area (Å²) >= 11 is 0. The minimum Gasteiger partial charge on any atom is -0.492 e. The molecule has 1 aliphatic heterocycles. The summed E-state index contributed by atoms with van der Waals surface area (Å²) in [6.45, 7) is 4.32. The molecule has 92 valence electrons. The van der Waals surface area contributed by atoms with Crippen molar-refractivity contribution < 1.29 is 4.74 Å². The van der Waals surface area contributed by atoms with Gasteiger partial charge in [-0.3, -0.25) is 10.3 Å². The summed E-state index contributed by atoms with van der Waals surface area (Å²) in [4.78, 5) is 2.22. The van der Waals surface area contributed by atoms with Crippen molar-refractivity contribution in [1.29, 1.82) is 5.41 Å². The second-order valence-corrected chi connectivity index (χ2v) is 4.31. The lowest BCUT2D eigenvalue weighted by Crippen LogP contribution is -2.44. The van der Waals surface area contributed by atoms with Crippen LogP contribution in [0.15, 0.2) is 24.3 Å². The number of nitrogens with zero attached hydrogens (tertiary/aromatic N) is 1. The number of amidine groups is 1. The molecule has 3 N–H and O–H groups in total. The highest BCUT2D eigenvalue weighted by molar-refractivity contribution is 5.82. The van der Waals surface area contributed by atoms with Crippen LogP contribution in [0.3, 0.4) is 0 Å². The molecule has 0 aromatic heterocycles. The number of nitrogens with one attached hydrogen (secondary N) is 1. The molecule has 0 saturated heterocycles. The van der Waals surface area contributed by atoms with Crippen LogP contribution >= 0.6 is 0 Å². The number of para-hydroxylation sites is 1. The lowest BCUT2D eigenvalue weighted by atomic mass is 10.1. The van der Waals surface area contributed by atoms with Gasteiger partial charge in [0.15, 0.2) is 0 Å². The number of hydrogen-bond donors (Lipinski definition) is 2. The maximum Gasteiger partial charge on any atom is 0.123 e. The van der Waals surface area contributed by atoms with Crippen LogP contribution in [-0.2, 0) is 6.54 Å². The molecule has 0 spiro atoms. The molecule has 4 heteroatoms. The third-order valence-corrected chi connectivity index (χ3v) is 3.17. The lowest BCUT2D eigenvalue weighted by Gasteiger charge is -2.28. The second-order valence-electron chi connectivity index (χ2n) is 4.31. The zero-order valence-corrected chi connectivity index (χ0v) is 10.1. The van der Waals surface area contributed by atoms with E-state index in [4.69, 9.17) is 15.9 Å². The second kappa shape index (κ2) is 5.19. The first-order valence-electron chi connectivity index (χ1n) is 6.01. The Bertz CT molecular complexity index is 405. The molecule has 2 rings (SSSR count). The molecule has 0 saturated carbocycles. The van der Waals surface area contributed by atoms with E-state index in [2.05, 4.69) is 17.9 Å². The van der Waals surface area contributed by atoms with Crippen molar-refractivity contribution in [3.8, 4) is 5.75 Å². The molecule has 17 heavy (non-hydrogen) atoms. The Morgan fingerprint density at radius 2 is 2.29 bits per heavy atom. The SMILES string of the molecule is CCC(C(=N)N)N1CCOc2ccccc2C1. The number of benzene rings is 1. The Hall–Kier alpha value is -1.55. The van der Waals surface area contributed by atoms with Gasteiger partial charge in [-0.15, -0.1) is 0 Å². The molecule has 1 unspecified atom stereocenters. The summed E-state index contributed by atoms with van der Waals surface area (Å²) in [5.41, 5.74) is 6.82. The predicted octanol–water partition coefficient (Wildman–Crippen LogP) is 1.60. The molecule has 0 radical (unpaired) electrons. The zero-order chi connectivity index (χ0) is 12.3. The van der Waals surface area contributed by atoms with E-state index < -0.39 is 0 Å². The maximum atomic E-state index is 7.64. The van der Waals surface area contributed by atoms with E-state index in [-0.39, 0.29) is 11.9 Å². The van der Waals surface area contributed by atoms with Gasteiger partial charge in [0.25, 0.3) is 0 Å². The lowest BCUT2D eigenvalue weighted by molar-refractivity contribution is 0.199. The Balaban J connectivity index is 2.20. The molecule has 1 aromatic rings. The normalized spacial score (nSPS) is 17.7. The molecule has 0 bridgehead atoms. The van der Waals surface area contributed by atoms with E-state index in [1.807, 2.05) is 18.2 Å². The topological polar surface area (TPSA) is 62.3 Å². The summed E-state index contributed by atoms with van der Waals surface area (Å²) in [6.07, 6.45) is 0.859. The summed E-state index contributed by atoms with van der Waals surface area (Å²) in [5, 5.41) is 7.64. The van der Waals surface area contributed by atoms with Crippen LogP contribution in [0.4, 0.5) is 0 Å². The smallest absolute Gasteiger partial charge is 0.123 e. The molecular weight excluding hydrogens is 214 g/mol. The van der Waals surface area contributed by atoms with Crippen molar-refractivity contribution in [3.63, 3.8) is 0 Å². The third kappa shape index (κ3) is 2.58. The van der Waals surface area contributed by atoms with E-state index >= 15 is 0 Å². The Kier molecular flexibility index (Phi) is 3.64. The standard InChI is InChI=1S/C13H19N3O/c1-2-11(13(14)15)16-7-8-17-12-6-4-3-5-10(12)9-16/h3-6,11H,2,7-9H2,1H3,(H3,14,15). The van der Waals surface area contributed by atoms with E-state index in [1.54, 1.807) is 0 Å². The van der Waals surface area contributed by atoms with Gasteiger partial charge in [-0.2, -0.15) is 0 Å². The largest absolute Gasteiger partial charge is 0.492 e. The molecule has 1 heterocycles. The van der Waals surface area contributed by atoms with Gasteiger partial charge < -0.3 is 10.5 Å². The van der Waals surface area contributed by atoms with Gasteiger partial charge in [-0.1, -0.05) is 25.1 Å². The van der Waals surface area contributed by atoms with Gasteiger partial charge in [0, 0.05) is 18.7 Å². The fraction of sp³-hybridized carbons (Fsp3) is 0.462. The van der Waals surface area contributed by atoms with Crippen molar-refractivity contribution in [2.45, 2.75) is 25.9 Å². The van der Waals surface area contributed by atoms with Crippen LogP contribution < -0.4 is 10.5 Å². The Morgan fingerprint density at radius 3 is 3.00 bits per heavy atom. The first-order chi connectivity index (χ1) is 8.22. The van der Waals surface area contributed by atoms with Crippen LogP contribution in [0.5, 0.6) is 5.75 Å². The van der Waals surface area contributed by atoms with Crippen LogP contribution in [0.25, 0.3) is 0 Å². The molecule has 4 nitrogen and oxygen atoms in total. The van der Waals surface area contributed by atoms with Gasteiger partial charge in [0.05, 0.1) is 6.04 Å². The first kappa shape index (κ1) is 11.9. The number of ether oxygens (including phenoxy) is 1. The van der Waals surface area contributed by atoms with Crippen LogP contribution in [0.1, 0.15) is 18.9 Å². The van der Waals surface area contributed by atoms with E-state index in [9.17, 15) is 0 Å². The minimum atomic E-state index is 0.0183. The van der Waals surface area contributed by atoms with Crippen LogP contribution in [-0.4, -0.2) is 29.9 Å². The van der Waals surface area contributed by atoms with Gasteiger partial charge in [-0.25, -0.2) is 0 Å². The molecule has 1 aromatic carbocycles.